The number of ether oxygens (including phenoxy) is 1. The highest BCUT2D eigenvalue weighted by molar-refractivity contribution is 5.79. The van der Waals surface area contributed by atoms with Crippen LogP contribution in [0.4, 0.5) is 0 Å². The van der Waals surface area contributed by atoms with Gasteiger partial charge in [0.2, 0.25) is 11.8 Å². The van der Waals surface area contributed by atoms with Crippen molar-refractivity contribution in [2.24, 2.45) is 11.8 Å². The molecule has 2 fully saturated rings. The van der Waals surface area contributed by atoms with E-state index in [0.29, 0.717) is 38.7 Å². The summed E-state index contributed by atoms with van der Waals surface area (Å²) >= 11 is 0. The Kier molecular flexibility index (Phi) is 6.19. The van der Waals surface area contributed by atoms with Crippen LogP contribution in [0.3, 0.4) is 0 Å². The minimum absolute atomic E-state index is 0.151. The Bertz CT molecular complexity index is 774. The van der Waals surface area contributed by atoms with Crippen LogP contribution in [0.25, 0.3) is 0 Å². The molecule has 29 heavy (non-hydrogen) atoms. The molecule has 1 saturated heterocycles. The zero-order chi connectivity index (χ0) is 20.2. The highest BCUT2D eigenvalue weighted by Crippen LogP contribution is 2.29. The van der Waals surface area contributed by atoms with Crippen LogP contribution in [-0.4, -0.2) is 60.9 Å². The van der Waals surface area contributed by atoms with Crippen LogP contribution in [0, 0.1) is 11.8 Å². The second-order valence-corrected chi connectivity index (χ2v) is 8.62. The number of likely N-dealkylation sites (N-methyl/N-ethyl adjacent to an activating group) is 1. The Labute approximate surface area is 172 Å². The first-order chi connectivity index (χ1) is 14.1. The minimum Gasteiger partial charge on any atom is -0.489 e. The lowest BCUT2D eigenvalue weighted by Crippen LogP contribution is -2.47. The topological polar surface area (TPSA) is 61.9 Å². The molecule has 2 bridgehead atoms. The van der Waals surface area contributed by atoms with Crippen molar-refractivity contribution in [1.82, 2.24) is 15.1 Å². The molecule has 1 aromatic rings. The van der Waals surface area contributed by atoms with Gasteiger partial charge in [-0.3, -0.25) is 14.5 Å². The summed E-state index contributed by atoms with van der Waals surface area (Å²) in [5.41, 5.74) is 1.09. The predicted octanol–water partition coefficient (Wildman–Crippen LogP) is 2.20. The van der Waals surface area contributed by atoms with E-state index >= 15 is 0 Å². The fourth-order valence-electron chi connectivity index (χ4n) is 4.30. The molecule has 2 amide bonds. The first-order valence-electron chi connectivity index (χ1n) is 10.7. The lowest BCUT2D eigenvalue weighted by Gasteiger charge is -2.38. The second kappa shape index (κ2) is 8.99. The number of hydrogen-bond acceptors (Lipinski definition) is 4. The molecule has 4 rings (SSSR count). The number of nitrogens with one attached hydrogen (secondary N) is 1. The van der Waals surface area contributed by atoms with E-state index in [1.165, 1.54) is 0 Å². The monoisotopic (exact) mass is 397 g/mol. The van der Waals surface area contributed by atoms with Gasteiger partial charge in [0, 0.05) is 37.7 Å². The van der Waals surface area contributed by atoms with Gasteiger partial charge in [0.05, 0.1) is 6.54 Å². The number of nitrogens with zero attached hydrogens (tertiary/aromatic N) is 2. The van der Waals surface area contributed by atoms with Gasteiger partial charge in [-0.1, -0.05) is 30.4 Å². The van der Waals surface area contributed by atoms with E-state index in [4.69, 9.17) is 4.74 Å². The maximum Gasteiger partial charge on any atom is 0.236 e. The molecule has 2 heterocycles. The lowest BCUT2D eigenvalue weighted by atomic mass is 9.82. The van der Waals surface area contributed by atoms with Crippen molar-refractivity contribution >= 4 is 11.8 Å². The summed E-state index contributed by atoms with van der Waals surface area (Å²) in [5.74, 6) is 1.62. The number of benzene rings is 1. The van der Waals surface area contributed by atoms with Gasteiger partial charge in [0.15, 0.2) is 0 Å². The lowest BCUT2D eigenvalue weighted by molar-refractivity contribution is -0.134. The van der Waals surface area contributed by atoms with E-state index in [0.717, 1.165) is 37.1 Å². The van der Waals surface area contributed by atoms with Crippen molar-refractivity contribution < 1.29 is 14.3 Å². The Hall–Kier alpha value is -2.34. The van der Waals surface area contributed by atoms with Gasteiger partial charge in [0.1, 0.15) is 12.4 Å². The van der Waals surface area contributed by atoms with Crippen molar-refractivity contribution in [2.45, 2.75) is 38.3 Å². The van der Waals surface area contributed by atoms with Gasteiger partial charge in [-0.05, 0) is 44.2 Å². The smallest absolute Gasteiger partial charge is 0.236 e. The van der Waals surface area contributed by atoms with Crippen molar-refractivity contribution in [3.05, 3.63) is 42.0 Å². The van der Waals surface area contributed by atoms with Gasteiger partial charge >= 0.3 is 0 Å². The summed E-state index contributed by atoms with van der Waals surface area (Å²) in [4.78, 5) is 29.2. The summed E-state index contributed by atoms with van der Waals surface area (Å²) < 4.78 is 6.00. The summed E-state index contributed by atoms with van der Waals surface area (Å²) in [6, 6.07) is 8.39. The second-order valence-electron chi connectivity index (χ2n) is 8.62. The normalized spacial score (nSPS) is 26.9. The fourth-order valence-corrected chi connectivity index (χ4v) is 4.30. The highest BCUT2D eigenvalue weighted by Gasteiger charge is 2.33. The number of fused-ring (bicyclic) bond motifs is 3. The molecule has 0 unspecified atom stereocenters. The molecular weight excluding hydrogens is 366 g/mol. The number of piperidine rings is 1. The van der Waals surface area contributed by atoms with Gasteiger partial charge in [-0.25, -0.2) is 0 Å². The molecule has 1 saturated carbocycles. The van der Waals surface area contributed by atoms with Crippen LogP contribution in [0.15, 0.2) is 36.4 Å². The summed E-state index contributed by atoms with van der Waals surface area (Å²) in [6.45, 7) is 2.96. The number of hydrogen-bond donors (Lipinski definition) is 1. The van der Waals surface area contributed by atoms with Crippen LogP contribution in [0.5, 0.6) is 5.75 Å². The highest BCUT2D eigenvalue weighted by atomic mass is 16.5. The molecule has 1 aromatic carbocycles. The van der Waals surface area contributed by atoms with Crippen LogP contribution < -0.4 is 10.1 Å². The molecule has 2 atom stereocenters. The average molecular weight is 398 g/mol. The van der Waals surface area contributed by atoms with Gasteiger partial charge in [-0.15, -0.1) is 0 Å². The van der Waals surface area contributed by atoms with E-state index in [9.17, 15) is 9.59 Å². The molecule has 0 aromatic heterocycles. The van der Waals surface area contributed by atoms with Crippen LogP contribution >= 0.6 is 0 Å². The fraction of sp³-hybridized carbons (Fsp3) is 0.565. The standard InChI is InChI=1S/C23H31N3O3/c1-25-14-19-5-2-3-7-21(19)29-12-4-6-18-15-26(23(28)16-25)11-10-17(18)13-22(27)24-20-8-9-20/h2-7,17-18,20H,8-16H2,1H3,(H,24,27)/b6-4-/t17-,18-/m0/s1. The van der Waals surface area contributed by atoms with Crippen molar-refractivity contribution in [1.29, 1.82) is 0 Å². The first kappa shape index (κ1) is 20.0. The average Bonchev–Trinajstić information content (AvgIpc) is 3.50. The Morgan fingerprint density at radius 3 is 2.86 bits per heavy atom. The minimum atomic E-state index is 0.151. The molecule has 1 aliphatic carbocycles. The molecular formula is C23H31N3O3. The Morgan fingerprint density at radius 2 is 2.03 bits per heavy atom. The molecule has 3 aliphatic rings. The molecule has 0 radical (unpaired) electrons. The van der Waals surface area contributed by atoms with Crippen LogP contribution in [0.1, 0.15) is 31.2 Å². The number of para-hydroxylation sites is 1. The predicted molar refractivity (Wildman–Crippen MR) is 111 cm³/mol. The van der Waals surface area contributed by atoms with Crippen LogP contribution in [0.2, 0.25) is 0 Å². The van der Waals surface area contributed by atoms with E-state index < -0.39 is 0 Å². The van der Waals surface area contributed by atoms with Gasteiger partial charge in [-0.2, -0.15) is 0 Å². The van der Waals surface area contributed by atoms with Gasteiger partial charge in [0.25, 0.3) is 0 Å². The summed E-state index contributed by atoms with van der Waals surface area (Å²) in [5, 5.41) is 3.10. The number of amides is 2. The number of carbonyl (C=O) groups is 2. The molecule has 0 spiro atoms. The Balaban J connectivity index is 1.48. The number of rotatable bonds is 3. The quantitative estimate of drug-likeness (QED) is 0.795. The third kappa shape index (κ3) is 5.38. The maximum atomic E-state index is 12.9. The molecule has 2 aliphatic heterocycles. The zero-order valence-corrected chi connectivity index (χ0v) is 17.2. The van der Waals surface area contributed by atoms with Crippen molar-refractivity contribution in [3.8, 4) is 5.75 Å². The van der Waals surface area contributed by atoms with Crippen molar-refractivity contribution in [2.75, 3.05) is 33.3 Å². The van der Waals surface area contributed by atoms with E-state index in [1.54, 1.807) is 0 Å². The molecule has 6 nitrogen and oxygen atoms in total. The Morgan fingerprint density at radius 1 is 1.21 bits per heavy atom. The van der Waals surface area contributed by atoms with Crippen LogP contribution in [-0.2, 0) is 16.1 Å². The zero-order valence-electron chi connectivity index (χ0n) is 17.2. The summed E-state index contributed by atoms with van der Waals surface area (Å²) in [6.07, 6.45) is 7.81. The molecule has 6 heteroatoms. The largest absolute Gasteiger partial charge is 0.489 e. The first-order valence-corrected chi connectivity index (χ1v) is 10.7. The maximum absolute atomic E-state index is 12.9. The van der Waals surface area contributed by atoms with Gasteiger partial charge < -0.3 is 15.0 Å². The van der Waals surface area contributed by atoms with E-state index in [2.05, 4.69) is 11.4 Å². The third-order valence-electron chi connectivity index (χ3n) is 6.09. The third-order valence-corrected chi connectivity index (χ3v) is 6.09. The number of carbonyl (C=O) groups excluding carboxylic acids is 2. The molecule has 156 valence electrons. The van der Waals surface area contributed by atoms with E-state index in [-0.39, 0.29) is 23.7 Å². The SMILES string of the molecule is CN1CC(=O)N2CC[C@@H](CC(=O)NC3CC3)[C@@H](/C=C\COc3ccccc3C1)C2. The van der Waals surface area contributed by atoms with E-state index in [1.807, 2.05) is 47.2 Å². The van der Waals surface area contributed by atoms with Crippen molar-refractivity contribution in [3.63, 3.8) is 0 Å². The molecule has 1 N–H and O–H groups in total. The summed E-state index contributed by atoms with van der Waals surface area (Å²) in [7, 11) is 1.97.